The number of aryl methyl sites for hydroxylation is 2. The van der Waals surface area contributed by atoms with Crippen molar-refractivity contribution in [1.82, 2.24) is 9.88 Å². The van der Waals surface area contributed by atoms with E-state index in [1.807, 2.05) is 24.4 Å². The third-order valence-electron chi connectivity index (χ3n) is 4.44. The van der Waals surface area contributed by atoms with Gasteiger partial charge in [-0.15, -0.1) is 11.3 Å². The average molecular weight is 386 g/mol. The van der Waals surface area contributed by atoms with Gasteiger partial charge in [-0.2, -0.15) is 0 Å². The van der Waals surface area contributed by atoms with Crippen molar-refractivity contribution >= 4 is 34.1 Å². The molecule has 0 aliphatic carbocycles. The molecule has 0 fully saturated rings. The smallest absolute Gasteiger partial charge is 0.325 e. The Labute approximate surface area is 158 Å². The normalized spacial score (nSPS) is 12.1. The zero-order valence-corrected chi connectivity index (χ0v) is 15.8. The Morgan fingerprint density at radius 2 is 1.96 bits per heavy atom. The van der Waals surface area contributed by atoms with E-state index in [0.717, 1.165) is 16.0 Å². The number of aromatic hydroxyl groups is 1. The summed E-state index contributed by atoms with van der Waals surface area (Å²) < 4.78 is 1.28. The molecule has 140 valence electrons. The summed E-state index contributed by atoms with van der Waals surface area (Å²) in [7, 11) is 1.51. The first kappa shape index (κ1) is 18.7. The van der Waals surface area contributed by atoms with Crippen molar-refractivity contribution in [2.45, 2.75) is 19.9 Å². The number of carbonyl (C=O) groups excluding carboxylic acids is 1. The lowest BCUT2D eigenvalue weighted by atomic mass is 10.0. The molecule has 3 rings (SSSR count). The van der Waals surface area contributed by atoms with Gasteiger partial charge < -0.3 is 20.1 Å². The molecule has 1 amide bonds. The summed E-state index contributed by atoms with van der Waals surface area (Å²) >= 11 is 1.57. The Morgan fingerprint density at radius 1 is 1.26 bits per heavy atom. The van der Waals surface area contributed by atoms with Crippen molar-refractivity contribution in [1.29, 1.82) is 0 Å². The van der Waals surface area contributed by atoms with E-state index >= 15 is 0 Å². The molecule has 3 aromatic rings. The predicted molar refractivity (Wildman–Crippen MR) is 103 cm³/mol. The Bertz CT molecular complexity index is 1130. The number of thiophene rings is 1. The minimum Gasteiger partial charge on any atom is -0.506 e. The molecular formula is C19H18N2O5S. The van der Waals surface area contributed by atoms with Gasteiger partial charge in [-0.3, -0.25) is 14.4 Å². The summed E-state index contributed by atoms with van der Waals surface area (Å²) in [4.78, 5) is 37.0. The lowest BCUT2D eigenvalue weighted by Crippen LogP contribution is -2.41. The molecule has 1 unspecified atom stereocenters. The molecule has 0 bridgehead atoms. The Kier molecular flexibility index (Phi) is 4.75. The first-order valence-electron chi connectivity index (χ1n) is 8.16. The van der Waals surface area contributed by atoms with Crippen LogP contribution in [-0.2, 0) is 11.8 Å². The van der Waals surface area contributed by atoms with Crippen LogP contribution < -0.4 is 10.9 Å². The minimum absolute atomic E-state index is 0.336. The van der Waals surface area contributed by atoms with Gasteiger partial charge in [0.25, 0.3) is 11.5 Å². The molecule has 1 atom stereocenters. The van der Waals surface area contributed by atoms with Crippen LogP contribution in [0.3, 0.4) is 0 Å². The van der Waals surface area contributed by atoms with E-state index in [-0.39, 0.29) is 0 Å². The number of aromatic nitrogens is 1. The summed E-state index contributed by atoms with van der Waals surface area (Å²) in [5.74, 6) is -2.63. The fourth-order valence-corrected chi connectivity index (χ4v) is 3.79. The van der Waals surface area contributed by atoms with Crippen molar-refractivity contribution in [3.63, 3.8) is 0 Å². The number of pyridine rings is 1. The Hall–Kier alpha value is -3.13. The molecule has 1 aromatic carbocycles. The highest BCUT2D eigenvalue weighted by molar-refractivity contribution is 7.13. The standard InChI is InChI=1S/C19H18N2O5S/c1-9-6-7-27-16(9)11-4-5-12-13(8-11)21(3)18(24)14(15(12)22)17(23)20-10(2)19(25)26/h4-8,10,22H,1-3H3,(H,20,23)(H,25,26). The molecule has 2 aromatic heterocycles. The lowest BCUT2D eigenvalue weighted by Gasteiger charge is -2.14. The third-order valence-corrected chi connectivity index (χ3v) is 5.50. The van der Waals surface area contributed by atoms with E-state index in [1.165, 1.54) is 18.5 Å². The van der Waals surface area contributed by atoms with Crippen molar-refractivity contribution in [2.24, 2.45) is 7.05 Å². The van der Waals surface area contributed by atoms with Crippen LogP contribution in [0.2, 0.25) is 0 Å². The van der Waals surface area contributed by atoms with Gasteiger partial charge in [0, 0.05) is 17.3 Å². The maximum Gasteiger partial charge on any atom is 0.325 e. The second-order valence-electron chi connectivity index (χ2n) is 6.29. The largest absolute Gasteiger partial charge is 0.506 e. The summed E-state index contributed by atoms with van der Waals surface area (Å²) in [5.41, 5.74) is 1.31. The van der Waals surface area contributed by atoms with E-state index in [9.17, 15) is 19.5 Å². The number of hydrogen-bond acceptors (Lipinski definition) is 5. The van der Waals surface area contributed by atoms with Gasteiger partial charge in [-0.1, -0.05) is 6.07 Å². The van der Waals surface area contributed by atoms with Crippen LogP contribution in [0.25, 0.3) is 21.3 Å². The number of rotatable bonds is 4. The summed E-state index contributed by atoms with van der Waals surface area (Å²) in [6.45, 7) is 3.27. The second-order valence-corrected chi connectivity index (χ2v) is 7.20. The lowest BCUT2D eigenvalue weighted by molar-refractivity contribution is -0.138. The van der Waals surface area contributed by atoms with Crippen molar-refractivity contribution in [3.05, 3.63) is 51.1 Å². The third kappa shape index (κ3) is 3.19. The maximum absolute atomic E-state index is 12.7. The molecule has 27 heavy (non-hydrogen) atoms. The SMILES string of the molecule is Cc1ccsc1-c1ccc2c(O)c(C(=O)NC(C)C(=O)O)c(=O)n(C)c2c1. The molecule has 0 spiro atoms. The first-order valence-corrected chi connectivity index (χ1v) is 9.04. The summed E-state index contributed by atoms with van der Waals surface area (Å²) in [5, 5.41) is 24.0. The minimum atomic E-state index is -1.24. The number of fused-ring (bicyclic) bond motifs is 1. The zero-order valence-electron chi connectivity index (χ0n) is 14.9. The molecule has 0 radical (unpaired) electrons. The van der Waals surface area contributed by atoms with Gasteiger partial charge in [0.1, 0.15) is 17.4 Å². The number of aliphatic carboxylic acids is 1. The molecular weight excluding hydrogens is 368 g/mol. The average Bonchev–Trinajstić information content (AvgIpc) is 3.05. The molecule has 3 N–H and O–H groups in total. The van der Waals surface area contributed by atoms with Gasteiger partial charge in [0.2, 0.25) is 0 Å². The molecule has 0 aliphatic rings. The van der Waals surface area contributed by atoms with Crippen molar-refractivity contribution in [3.8, 4) is 16.2 Å². The number of carboxylic acids is 1. The van der Waals surface area contributed by atoms with Crippen LogP contribution in [0.1, 0.15) is 22.8 Å². The van der Waals surface area contributed by atoms with Crippen molar-refractivity contribution in [2.75, 3.05) is 0 Å². The highest BCUT2D eigenvalue weighted by Crippen LogP contribution is 2.33. The van der Waals surface area contributed by atoms with Crippen LogP contribution in [0, 0.1) is 6.92 Å². The predicted octanol–water partition coefficient (Wildman–Crippen LogP) is 2.48. The maximum atomic E-state index is 12.7. The van der Waals surface area contributed by atoms with E-state index in [0.29, 0.717) is 10.9 Å². The highest BCUT2D eigenvalue weighted by atomic mass is 32.1. The molecule has 8 heteroatoms. The fraction of sp³-hybridized carbons (Fsp3) is 0.211. The van der Waals surface area contributed by atoms with Crippen LogP contribution in [0.5, 0.6) is 5.75 Å². The van der Waals surface area contributed by atoms with Gasteiger partial charge >= 0.3 is 5.97 Å². The highest BCUT2D eigenvalue weighted by Gasteiger charge is 2.24. The zero-order chi connectivity index (χ0) is 19.9. The van der Waals surface area contributed by atoms with E-state index in [1.54, 1.807) is 23.5 Å². The summed E-state index contributed by atoms with van der Waals surface area (Å²) in [6.07, 6.45) is 0. The monoisotopic (exact) mass is 386 g/mol. The Morgan fingerprint density at radius 3 is 2.56 bits per heavy atom. The van der Waals surface area contributed by atoms with Crippen LogP contribution in [-0.4, -0.2) is 32.7 Å². The number of nitrogens with one attached hydrogen (secondary N) is 1. The number of nitrogens with zero attached hydrogens (tertiary/aromatic N) is 1. The van der Waals surface area contributed by atoms with Crippen LogP contribution in [0.4, 0.5) is 0 Å². The molecule has 0 saturated heterocycles. The van der Waals surface area contributed by atoms with E-state index in [4.69, 9.17) is 5.11 Å². The number of amides is 1. The Balaban J connectivity index is 2.17. The van der Waals surface area contributed by atoms with Gasteiger partial charge in [0.05, 0.1) is 5.52 Å². The summed E-state index contributed by atoms with van der Waals surface area (Å²) in [6, 6.07) is 6.05. The topological polar surface area (TPSA) is 109 Å². The van der Waals surface area contributed by atoms with Gasteiger partial charge in [0.15, 0.2) is 0 Å². The molecule has 0 aliphatic heterocycles. The molecule has 0 saturated carbocycles. The van der Waals surface area contributed by atoms with Gasteiger partial charge in [-0.25, -0.2) is 0 Å². The number of benzene rings is 1. The fourth-order valence-electron chi connectivity index (χ4n) is 2.87. The van der Waals surface area contributed by atoms with Crippen LogP contribution >= 0.6 is 11.3 Å². The van der Waals surface area contributed by atoms with Crippen molar-refractivity contribution < 1.29 is 19.8 Å². The molecule has 2 heterocycles. The second kappa shape index (κ2) is 6.88. The number of carboxylic acid groups (broad SMARTS) is 1. The quantitative estimate of drug-likeness (QED) is 0.638. The number of hydrogen-bond donors (Lipinski definition) is 3. The first-order chi connectivity index (χ1) is 12.7. The number of carbonyl (C=O) groups is 2. The molecule has 7 nitrogen and oxygen atoms in total. The van der Waals surface area contributed by atoms with E-state index in [2.05, 4.69) is 5.32 Å². The van der Waals surface area contributed by atoms with Crippen LogP contribution in [0.15, 0.2) is 34.4 Å². The van der Waals surface area contributed by atoms with Gasteiger partial charge in [-0.05, 0) is 48.6 Å². The van der Waals surface area contributed by atoms with E-state index < -0.39 is 34.8 Å².